The molecule has 0 nitrogen and oxygen atoms in total. The summed E-state index contributed by atoms with van der Waals surface area (Å²) in [5.74, 6) is 2.20. The summed E-state index contributed by atoms with van der Waals surface area (Å²) in [6.07, 6.45) is 11.8. The van der Waals surface area contributed by atoms with Gasteiger partial charge in [0.05, 0.1) is 0 Å². The van der Waals surface area contributed by atoms with E-state index in [0.29, 0.717) is 0 Å². The van der Waals surface area contributed by atoms with Gasteiger partial charge in [-0.1, -0.05) is 65.2 Å². The first-order valence-corrected chi connectivity index (χ1v) is 5.88. The van der Waals surface area contributed by atoms with Crippen LogP contribution in [-0.2, 0) is 0 Å². The van der Waals surface area contributed by atoms with Gasteiger partial charge >= 0.3 is 0 Å². The molecule has 0 heterocycles. The molecule has 1 fully saturated rings. The summed E-state index contributed by atoms with van der Waals surface area (Å²) >= 11 is 0. The SMILES string of the molecule is CCCC[C@@H]1CCC[C@H]1CCC. The molecule has 12 heavy (non-hydrogen) atoms. The number of rotatable bonds is 5. The van der Waals surface area contributed by atoms with Gasteiger partial charge in [-0.2, -0.15) is 0 Å². The maximum atomic E-state index is 2.33. The van der Waals surface area contributed by atoms with Gasteiger partial charge in [0.25, 0.3) is 0 Å². The molecule has 72 valence electrons. The Hall–Kier alpha value is 0. The maximum absolute atomic E-state index is 2.33. The summed E-state index contributed by atoms with van der Waals surface area (Å²) in [6, 6.07) is 0. The van der Waals surface area contributed by atoms with Crippen molar-refractivity contribution < 1.29 is 0 Å². The molecule has 1 aliphatic rings. The van der Waals surface area contributed by atoms with Gasteiger partial charge in [0.1, 0.15) is 0 Å². The second-order valence-corrected chi connectivity index (χ2v) is 4.38. The third-order valence-corrected chi connectivity index (χ3v) is 3.40. The normalized spacial score (nSPS) is 29.5. The molecule has 2 atom stereocenters. The van der Waals surface area contributed by atoms with Crippen molar-refractivity contribution in [3.8, 4) is 0 Å². The monoisotopic (exact) mass is 168 g/mol. The van der Waals surface area contributed by atoms with E-state index in [0.717, 1.165) is 11.8 Å². The Morgan fingerprint density at radius 1 is 0.917 bits per heavy atom. The van der Waals surface area contributed by atoms with Gasteiger partial charge in [-0.25, -0.2) is 0 Å². The van der Waals surface area contributed by atoms with Crippen LogP contribution in [-0.4, -0.2) is 0 Å². The summed E-state index contributed by atoms with van der Waals surface area (Å²) in [6.45, 7) is 4.64. The Morgan fingerprint density at radius 2 is 1.58 bits per heavy atom. The quantitative estimate of drug-likeness (QED) is 0.571. The summed E-state index contributed by atoms with van der Waals surface area (Å²) < 4.78 is 0. The van der Waals surface area contributed by atoms with Gasteiger partial charge in [-0.15, -0.1) is 0 Å². The zero-order valence-corrected chi connectivity index (χ0v) is 8.81. The molecule has 1 aliphatic carbocycles. The van der Waals surface area contributed by atoms with E-state index in [2.05, 4.69) is 13.8 Å². The molecule has 0 aromatic rings. The smallest absolute Gasteiger partial charge is 0.0386 e. The lowest BCUT2D eigenvalue weighted by Crippen LogP contribution is -2.07. The summed E-state index contributed by atoms with van der Waals surface area (Å²) in [5.41, 5.74) is 0. The highest BCUT2D eigenvalue weighted by molar-refractivity contribution is 4.76. The minimum absolute atomic E-state index is 1.10. The van der Waals surface area contributed by atoms with Gasteiger partial charge in [-0.05, 0) is 11.8 Å². The van der Waals surface area contributed by atoms with Crippen LogP contribution in [0.15, 0.2) is 0 Å². The van der Waals surface area contributed by atoms with Crippen molar-refractivity contribution in [2.45, 2.75) is 65.2 Å². The third kappa shape index (κ3) is 2.80. The summed E-state index contributed by atoms with van der Waals surface area (Å²) in [5, 5.41) is 0. The first-order chi connectivity index (χ1) is 5.88. The third-order valence-electron chi connectivity index (χ3n) is 3.40. The van der Waals surface area contributed by atoms with Crippen molar-refractivity contribution in [3.05, 3.63) is 0 Å². The Balaban J connectivity index is 2.20. The molecule has 0 aliphatic heterocycles. The van der Waals surface area contributed by atoms with Gasteiger partial charge in [-0.3, -0.25) is 0 Å². The molecule has 0 radical (unpaired) electrons. The number of unbranched alkanes of at least 4 members (excludes halogenated alkanes) is 1. The highest BCUT2D eigenvalue weighted by Gasteiger charge is 2.25. The van der Waals surface area contributed by atoms with Crippen LogP contribution < -0.4 is 0 Å². The van der Waals surface area contributed by atoms with Gasteiger partial charge in [0.2, 0.25) is 0 Å². The molecule has 0 N–H and O–H groups in total. The second-order valence-electron chi connectivity index (χ2n) is 4.38. The van der Waals surface area contributed by atoms with Crippen LogP contribution >= 0.6 is 0 Å². The summed E-state index contributed by atoms with van der Waals surface area (Å²) in [4.78, 5) is 0. The Bertz CT molecular complexity index is 107. The van der Waals surface area contributed by atoms with E-state index >= 15 is 0 Å². The van der Waals surface area contributed by atoms with E-state index in [9.17, 15) is 0 Å². The van der Waals surface area contributed by atoms with Crippen molar-refractivity contribution in [2.24, 2.45) is 11.8 Å². The first kappa shape index (κ1) is 10.1. The standard InChI is InChI=1S/C12H24/c1-3-5-8-12-10-6-9-11(12)7-4-2/h11-12H,3-10H2,1-2H3/t11-,12-/m1/s1. The minimum Gasteiger partial charge on any atom is -0.0654 e. The molecule has 1 rings (SSSR count). The van der Waals surface area contributed by atoms with Crippen LogP contribution in [0.4, 0.5) is 0 Å². The largest absolute Gasteiger partial charge is 0.0654 e. The fourth-order valence-corrected chi connectivity index (χ4v) is 2.71. The average Bonchev–Trinajstić information content (AvgIpc) is 2.50. The lowest BCUT2D eigenvalue weighted by molar-refractivity contribution is 0.333. The maximum Gasteiger partial charge on any atom is -0.0386 e. The number of hydrogen-bond acceptors (Lipinski definition) is 0. The lowest BCUT2D eigenvalue weighted by atomic mass is 9.88. The molecule has 0 saturated heterocycles. The Labute approximate surface area is 77.7 Å². The van der Waals surface area contributed by atoms with E-state index in [-0.39, 0.29) is 0 Å². The minimum atomic E-state index is 1.10. The zero-order chi connectivity index (χ0) is 8.81. The average molecular weight is 168 g/mol. The molecule has 0 bridgehead atoms. The molecule has 0 amide bonds. The fraction of sp³-hybridized carbons (Fsp3) is 1.00. The molecule has 0 heteroatoms. The lowest BCUT2D eigenvalue weighted by Gasteiger charge is -2.18. The van der Waals surface area contributed by atoms with Crippen LogP contribution in [0, 0.1) is 11.8 Å². The summed E-state index contributed by atoms with van der Waals surface area (Å²) in [7, 11) is 0. The fourth-order valence-electron chi connectivity index (χ4n) is 2.71. The van der Waals surface area contributed by atoms with E-state index in [4.69, 9.17) is 0 Å². The van der Waals surface area contributed by atoms with Crippen molar-refractivity contribution in [1.29, 1.82) is 0 Å². The molecular weight excluding hydrogens is 144 g/mol. The number of hydrogen-bond donors (Lipinski definition) is 0. The van der Waals surface area contributed by atoms with Crippen LogP contribution in [0.1, 0.15) is 65.2 Å². The predicted molar refractivity (Wildman–Crippen MR) is 55.3 cm³/mol. The second kappa shape index (κ2) is 5.61. The van der Waals surface area contributed by atoms with E-state index < -0.39 is 0 Å². The van der Waals surface area contributed by atoms with E-state index in [1.807, 2.05) is 0 Å². The van der Waals surface area contributed by atoms with Gasteiger partial charge in [0.15, 0.2) is 0 Å². The van der Waals surface area contributed by atoms with Gasteiger partial charge in [0, 0.05) is 0 Å². The Kier molecular flexibility index (Phi) is 4.72. The van der Waals surface area contributed by atoms with Crippen LogP contribution in [0.5, 0.6) is 0 Å². The van der Waals surface area contributed by atoms with Crippen LogP contribution in [0.25, 0.3) is 0 Å². The highest BCUT2D eigenvalue weighted by Crippen LogP contribution is 2.37. The molecular formula is C12H24. The molecule has 0 unspecified atom stereocenters. The van der Waals surface area contributed by atoms with Crippen molar-refractivity contribution in [1.82, 2.24) is 0 Å². The molecule has 0 aromatic carbocycles. The predicted octanol–water partition coefficient (Wildman–Crippen LogP) is 4.39. The van der Waals surface area contributed by atoms with Crippen molar-refractivity contribution in [2.75, 3.05) is 0 Å². The zero-order valence-electron chi connectivity index (χ0n) is 8.81. The highest BCUT2D eigenvalue weighted by atomic mass is 14.3. The van der Waals surface area contributed by atoms with E-state index in [1.165, 1.54) is 51.4 Å². The molecule has 1 saturated carbocycles. The van der Waals surface area contributed by atoms with Crippen molar-refractivity contribution >= 4 is 0 Å². The Morgan fingerprint density at radius 3 is 2.17 bits per heavy atom. The first-order valence-electron chi connectivity index (χ1n) is 5.88. The van der Waals surface area contributed by atoms with E-state index in [1.54, 1.807) is 0 Å². The van der Waals surface area contributed by atoms with Crippen molar-refractivity contribution in [3.63, 3.8) is 0 Å². The topological polar surface area (TPSA) is 0 Å². The van der Waals surface area contributed by atoms with Gasteiger partial charge < -0.3 is 0 Å². The van der Waals surface area contributed by atoms with Crippen LogP contribution in [0.3, 0.4) is 0 Å². The van der Waals surface area contributed by atoms with Crippen LogP contribution in [0.2, 0.25) is 0 Å². The molecule has 0 aromatic heterocycles. The molecule has 0 spiro atoms.